The fourth-order valence-corrected chi connectivity index (χ4v) is 3.26. The predicted octanol–water partition coefficient (Wildman–Crippen LogP) is 5.32. The number of fused-ring (bicyclic) bond motifs is 2. The summed E-state index contributed by atoms with van der Waals surface area (Å²) in [5.41, 5.74) is 1.01. The van der Waals surface area contributed by atoms with Gasteiger partial charge in [-0.15, -0.1) is 16.8 Å². The Bertz CT molecular complexity index is 1250. The molecule has 4 rings (SSSR count). The molecule has 0 saturated carbocycles. The molecule has 1 heterocycles. The Kier molecular flexibility index (Phi) is 4.37. The van der Waals surface area contributed by atoms with E-state index in [1.54, 1.807) is 34.9 Å². The fourth-order valence-electron chi connectivity index (χ4n) is 3.26. The number of amides is 1. The van der Waals surface area contributed by atoms with Gasteiger partial charge in [0.1, 0.15) is 5.75 Å². The average molecular weight is 371 g/mol. The van der Waals surface area contributed by atoms with Gasteiger partial charge in [-0.1, -0.05) is 54.6 Å². The number of azo groups is 1. The normalized spacial score (nSPS) is 11.4. The molecule has 138 valence electrons. The lowest BCUT2D eigenvalue weighted by Gasteiger charge is -2.04. The first-order chi connectivity index (χ1) is 13.6. The largest absolute Gasteiger partial charge is 0.506 e. The number of hydrogen-bond donors (Lipinski definition) is 2. The smallest absolute Gasteiger partial charge is 0.299 e. The van der Waals surface area contributed by atoms with E-state index in [0.29, 0.717) is 17.3 Å². The summed E-state index contributed by atoms with van der Waals surface area (Å²) in [6.45, 7) is 4.08. The number of allylic oxidation sites excluding steroid dienone is 1. The molecule has 0 fully saturated rings. The van der Waals surface area contributed by atoms with Gasteiger partial charge in [-0.3, -0.25) is 4.79 Å². The number of aromatic nitrogens is 1. The molecule has 28 heavy (non-hydrogen) atoms. The molecule has 4 aromatic rings. The van der Waals surface area contributed by atoms with E-state index in [0.717, 1.165) is 10.9 Å². The second-order valence-corrected chi connectivity index (χ2v) is 6.28. The number of nitrogens with zero attached hydrogens (tertiary/aromatic N) is 3. The van der Waals surface area contributed by atoms with Crippen molar-refractivity contribution in [3.05, 3.63) is 78.9 Å². The van der Waals surface area contributed by atoms with Crippen molar-refractivity contribution in [3.8, 4) is 11.6 Å². The molecule has 0 radical (unpaired) electrons. The van der Waals surface area contributed by atoms with Crippen molar-refractivity contribution >= 4 is 33.3 Å². The first-order valence-electron chi connectivity index (χ1n) is 8.69. The minimum absolute atomic E-state index is 0.0526. The van der Waals surface area contributed by atoms with Gasteiger partial charge in [0.15, 0.2) is 5.69 Å². The molecule has 0 aliphatic carbocycles. The first-order valence-corrected chi connectivity index (χ1v) is 8.69. The van der Waals surface area contributed by atoms with Gasteiger partial charge < -0.3 is 14.8 Å². The number of benzene rings is 3. The molecule has 0 aliphatic heterocycles. The molecular formula is C22H17N3O3. The Morgan fingerprint density at radius 3 is 2.50 bits per heavy atom. The fraction of sp³-hybridized carbons (Fsp3) is 0.0455. The SMILES string of the molecule is C=CCn1c(O)c(N=NC(=O)c2ccc3ccccc3c2O)c2ccccc21. The topological polar surface area (TPSA) is 87.2 Å². The van der Waals surface area contributed by atoms with E-state index in [9.17, 15) is 15.0 Å². The maximum absolute atomic E-state index is 12.5. The van der Waals surface area contributed by atoms with E-state index < -0.39 is 5.91 Å². The van der Waals surface area contributed by atoms with Crippen molar-refractivity contribution in [2.45, 2.75) is 6.54 Å². The Labute approximate surface area is 160 Å². The zero-order valence-electron chi connectivity index (χ0n) is 14.9. The van der Waals surface area contributed by atoms with E-state index >= 15 is 0 Å². The first kappa shape index (κ1) is 17.5. The van der Waals surface area contributed by atoms with Crippen molar-refractivity contribution in [3.63, 3.8) is 0 Å². The third-order valence-corrected chi connectivity index (χ3v) is 4.60. The van der Waals surface area contributed by atoms with Gasteiger partial charge in [-0.25, -0.2) is 0 Å². The highest BCUT2D eigenvalue weighted by Gasteiger charge is 2.17. The van der Waals surface area contributed by atoms with E-state index in [1.165, 1.54) is 6.07 Å². The Balaban J connectivity index is 1.76. The number of carbonyl (C=O) groups is 1. The van der Waals surface area contributed by atoms with Gasteiger partial charge in [-0.05, 0) is 17.5 Å². The third-order valence-electron chi connectivity index (χ3n) is 4.60. The number of hydrogen-bond acceptors (Lipinski definition) is 4. The maximum atomic E-state index is 12.5. The van der Waals surface area contributed by atoms with E-state index in [4.69, 9.17) is 0 Å². The summed E-state index contributed by atoms with van der Waals surface area (Å²) >= 11 is 0. The van der Waals surface area contributed by atoms with E-state index in [2.05, 4.69) is 16.8 Å². The van der Waals surface area contributed by atoms with Crippen LogP contribution in [0.5, 0.6) is 11.6 Å². The monoisotopic (exact) mass is 371 g/mol. The Hall–Kier alpha value is -3.93. The van der Waals surface area contributed by atoms with Crippen LogP contribution in [-0.2, 0) is 6.54 Å². The molecule has 0 aliphatic rings. The van der Waals surface area contributed by atoms with Crippen LogP contribution < -0.4 is 0 Å². The summed E-state index contributed by atoms with van der Waals surface area (Å²) in [7, 11) is 0. The molecule has 0 spiro atoms. The van der Waals surface area contributed by atoms with Crippen molar-refractivity contribution < 1.29 is 15.0 Å². The van der Waals surface area contributed by atoms with Crippen LogP contribution in [0.25, 0.3) is 21.7 Å². The number of phenols is 1. The molecular weight excluding hydrogens is 354 g/mol. The zero-order valence-corrected chi connectivity index (χ0v) is 14.9. The van der Waals surface area contributed by atoms with Gasteiger partial charge in [0.2, 0.25) is 5.88 Å². The number of phenolic OH excluding ortho intramolecular Hbond substituents is 1. The summed E-state index contributed by atoms with van der Waals surface area (Å²) in [6.07, 6.45) is 1.66. The van der Waals surface area contributed by atoms with Gasteiger partial charge in [0, 0.05) is 17.3 Å². The molecule has 6 heteroatoms. The Morgan fingerprint density at radius 2 is 1.71 bits per heavy atom. The summed E-state index contributed by atoms with van der Waals surface area (Å²) in [5, 5.41) is 30.7. The molecule has 3 aromatic carbocycles. The molecule has 2 N–H and O–H groups in total. The van der Waals surface area contributed by atoms with Gasteiger partial charge in [0.05, 0.1) is 11.1 Å². The third kappa shape index (κ3) is 2.81. The molecule has 0 unspecified atom stereocenters. The quantitative estimate of drug-likeness (QED) is 0.376. The highest BCUT2D eigenvalue weighted by Crippen LogP contribution is 2.39. The zero-order chi connectivity index (χ0) is 19.7. The van der Waals surface area contributed by atoms with Crippen molar-refractivity contribution in [2.24, 2.45) is 10.2 Å². The van der Waals surface area contributed by atoms with Crippen LogP contribution in [-0.4, -0.2) is 20.7 Å². The van der Waals surface area contributed by atoms with Gasteiger partial charge >= 0.3 is 0 Å². The van der Waals surface area contributed by atoms with Gasteiger partial charge in [0.25, 0.3) is 5.91 Å². The van der Waals surface area contributed by atoms with Crippen molar-refractivity contribution in [1.82, 2.24) is 4.57 Å². The Morgan fingerprint density at radius 1 is 1.00 bits per heavy atom. The molecule has 0 bridgehead atoms. The number of rotatable bonds is 4. The summed E-state index contributed by atoms with van der Waals surface area (Å²) in [5.74, 6) is -0.927. The second-order valence-electron chi connectivity index (χ2n) is 6.28. The highest BCUT2D eigenvalue weighted by atomic mass is 16.3. The average Bonchev–Trinajstić information content (AvgIpc) is 2.98. The molecule has 1 amide bonds. The minimum atomic E-state index is -0.691. The maximum Gasteiger partial charge on any atom is 0.299 e. The molecule has 0 atom stereocenters. The summed E-state index contributed by atoms with van der Waals surface area (Å²) in [6, 6.07) is 17.8. The predicted molar refractivity (Wildman–Crippen MR) is 108 cm³/mol. The summed E-state index contributed by atoms with van der Waals surface area (Å²) in [4.78, 5) is 12.5. The minimum Gasteiger partial charge on any atom is -0.506 e. The molecule has 6 nitrogen and oxygen atoms in total. The van der Waals surface area contributed by atoms with Crippen LogP contribution in [0.3, 0.4) is 0 Å². The molecule has 1 aromatic heterocycles. The number of aromatic hydroxyl groups is 2. The van der Waals surface area contributed by atoms with Crippen molar-refractivity contribution in [2.75, 3.05) is 0 Å². The van der Waals surface area contributed by atoms with Crippen LogP contribution in [0.4, 0.5) is 5.69 Å². The lowest BCUT2D eigenvalue weighted by atomic mass is 10.1. The van der Waals surface area contributed by atoms with Crippen LogP contribution in [0.1, 0.15) is 10.4 Å². The van der Waals surface area contributed by atoms with E-state index in [-0.39, 0.29) is 22.9 Å². The van der Waals surface area contributed by atoms with Crippen LogP contribution in [0, 0.1) is 0 Å². The lowest BCUT2D eigenvalue weighted by Crippen LogP contribution is -1.95. The second kappa shape index (κ2) is 7.00. The van der Waals surface area contributed by atoms with Crippen LogP contribution >= 0.6 is 0 Å². The number of para-hydroxylation sites is 1. The van der Waals surface area contributed by atoms with Crippen LogP contribution in [0.15, 0.2) is 83.5 Å². The molecule has 0 saturated heterocycles. The van der Waals surface area contributed by atoms with Crippen molar-refractivity contribution in [1.29, 1.82) is 0 Å². The number of carbonyl (C=O) groups excluding carboxylic acids is 1. The summed E-state index contributed by atoms with van der Waals surface area (Å²) < 4.78 is 1.63. The highest BCUT2D eigenvalue weighted by molar-refractivity contribution is 6.04. The van der Waals surface area contributed by atoms with Gasteiger partial charge in [-0.2, -0.15) is 0 Å². The van der Waals surface area contributed by atoms with E-state index in [1.807, 2.05) is 30.3 Å². The standard InChI is InChI=1S/C22H17N3O3/c1-2-13-25-18-10-6-5-9-16(18)19(22(25)28)23-24-21(27)17-12-11-14-7-3-4-8-15(14)20(17)26/h2-12,26,28H,1,13H2. The lowest BCUT2D eigenvalue weighted by molar-refractivity contribution is 0.0992. The van der Waals surface area contributed by atoms with Crippen LogP contribution in [0.2, 0.25) is 0 Å².